The summed E-state index contributed by atoms with van der Waals surface area (Å²) in [6.07, 6.45) is 6.73. The van der Waals surface area contributed by atoms with Gasteiger partial charge in [-0.1, -0.05) is 36.6 Å². The Bertz CT molecular complexity index is 3620. The smallest absolute Gasteiger partial charge is 0.253 e. The number of anilines is 2. The van der Waals surface area contributed by atoms with Crippen LogP contribution in [0.4, 0.5) is 20.4 Å². The Morgan fingerprint density at radius 3 is 2.07 bits per heavy atom. The zero-order valence-electron chi connectivity index (χ0n) is 46.8. The van der Waals surface area contributed by atoms with Crippen LogP contribution in [0, 0.1) is 25.5 Å². The van der Waals surface area contributed by atoms with E-state index in [9.17, 15) is 27.6 Å². The lowest BCUT2D eigenvalue weighted by Crippen LogP contribution is -2.32. The number of nitrogens with two attached hydrogens (primary N) is 1. The summed E-state index contributed by atoms with van der Waals surface area (Å²) in [6.45, 7) is 6.32. The number of nitrogens with one attached hydrogen (secondary N) is 3. The van der Waals surface area contributed by atoms with Gasteiger partial charge in [-0.2, -0.15) is 4.98 Å². The minimum atomic E-state index is -3.82. The van der Waals surface area contributed by atoms with Gasteiger partial charge in [0.25, 0.3) is 11.5 Å². The Hall–Kier alpha value is -7.48. The van der Waals surface area contributed by atoms with E-state index in [0.717, 1.165) is 43.2 Å². The molecule has 3 aromatic heterocycles. The SMILES string of the molecule is Cc1cc(S(=O)(=O)NCCOCCOCCOCCOCCOCCOc2ccc(C(=O)c3c(-c4c(F)ccc(F)c4C)c(C(=O)N[C@@H](CC(N)=O)c4cccc(Cl)c4)cn3C)cc2)ccc1Nc1ncc2ccc(=O)n(C3CCCC3)c2n1. The van der Waals surface area contributed by atoms with Crippen molar-refractivity contribution in [2.75, 3.05) is 84.5 Å². The van der Waals surface area contributed by atoms with E-state index in [4.69, 9.17) is 45.8 Å². The molecule has 20 nitrogen and oxygen atoms in total. The Balaban J connectivity index is 0.677. The first-order valence-electron chi connectivity index (χ1n) is 27.4. The lowest BCUT2D eigenvalue weighted by Gasteiger charge is -2.19. The fourth-order valence-electron chi connectivity index (χ4n) is 9.75. The molecule has 7 aromatic rings. The highest BCUT2D eigenvalue weighted by Gasteiger charge is 2.31. The molecule has 1 fully saturated rings. The zero-order chi connectivity index (χ0) is 59.8. The molecule has 0 unspecified atom stereocenters. The number of benzene rings is 4. The second-order valence-electron chi connectivity index (χ2n) is 19.9. The maximum atomic E-state index is 15.7. The Morgan fingerprint density at radius 1 is 0.786 bits per heavy atom. The number of amides is 2. The monoisotopic (exact) mass is 1200 g/mol. The number of ketones is 1. The van der Waals surface area contributed by atoms with Crippen LogP contribution in [0.3, 0.4) is 0 Å². The van der Waals surface area contributed by atoms with Gasteiger partial charge in [-0.25, -0.2) is 26.9 Å². The summed E-state index contributed by atoms with van der Waals surface area (Å²) in [5.41, 5.74) is 7.23. The quantitative estimate of drug-likeness (QED) is 0.0229. The van der Waals surface area contributed by atoms with Gasteiger partial charge in [0.1, 0.15) is 29.6 Å². The summed E-state index contributed by atoms with van der Waals surface area (Å²) in [4.78, 5) is 62.4. The Kier molecular flexibility index (Phi) is 22.2. The highest BCUT2D eigenvalue weighted by molar-refractivity contribution is 7.89. The van der Waals surface area contributed by atoms with Gasteiger partial charge in [0.05, 0.1) is 94.7 Å². The first-order chi connectivity index (χ1) is 40.5. The van der Waals surface area contributed by atoms with E-state index in [2.05, 4.69) is 25.3 Å². The third-order valence-electron chi connectivity index (χ3n) is 14.0. The molecular formula is C60H67ClF2N8O12S. The molecule has 1 aliphatic carbocycles. The van der Waals surface area contributed by atoms with Crippen LogP contribution in [-0.4, -0.2) is 124 Å². The number of halogens is 3. The Labute approximate surface area is 490 Å². The fourth-order valence-corrected chi connectivity index (χ4v) is 11.0. The molecule has 0 saturated heterocycles. The lowest BCUT2D eigenvalue weighted by atomic mass is 9.92. The van der Waals surface area contributed by atoms with E-state index >= 15 is 8.78 Å². The van der Waals surface area contributed by atoms with E-state index in [1.165, 1.54) is 42.9 Å². The molecule has 446 valence electrons. The van der Waals surface area contributed by atoms with Crippen LogP contribution in [0.5, 0.6) is 5.75 Å². The number of nitrogens with zero attached hydrogens (tertiary/aromatic N) is 4. The maximum absolute atomic E-state index is 15.7. The van der Waals surface area contributed by atoms with Gasteiger partial charge in [-0.15, -0.1) is 0 Å². The van der Waals surface area contributed by atoms with Gasteiger partial charge >= 0.3 is 0 Å². The second kappa shape index (κ2) is 29.9. The number of aromatic nitrogens is 4. The number of aryl methyl sites for hydroxylation is 2. The van der Waals surface area contributed by atoms with Gasteiger partial charge in [0, 0.05) is 70.9 Å². The van der Waals surface area contributed by atoms with Gasteiger partial charge < -0.3 is 49.4 Å². The van der Waals surface area contributed by atoms with Crippen LogP contribution in [0.2, 0.25) is 5.02 Å². The summed E-state index contributed by atoms with van der Waals surface area (Å²) in [6, 6.07) is 21.8. The Morgan fingerprint density at radius 2 is 1.43 bits per heavy atom. The molecule has 8 rings (SSSR count). The van der Waals surface area contributed by atoms with E-state index in [-0.39, 0.29) is 89.4 Å². The summed E-state index contributed by atoms with van der Waals surface area (Å²) < 4.78 is 96.2. The third kappa shape index (κ3) is 16.4. The van der Waals surface area contributed by atoms with Gasteiger partial charge in [-0.05, 0) is 116 Å². The molecule has 4 aromatic carbocycles. The largest absolute Gasteiger partial charge is 0.491 e. The van der Waals surface area contributed by atoms with Crippen molar-refractivity contribution in [2.45, 2.75) is 62.9 Å². The van der Waals surface area contributed by atoms with E-state index in [1.807, 2.05) is 0 Å². The van der Waals surface area contributed by atoms with Crippen molar-refractivity contribution >= 4 is 61.9 Å². The fraction of sp³-hybridized carbons (Fsp3) is 0.367. The molecule has 84 heavy (non-hydrogen) atoms. The van der Waals surface area contributed by atoms with E-state index < -0.39 is 45.3 Å². The predicted octanol–water partition coefficient (Wildman–Crippen LogP) is 8.22. The number of fused-ring (bicyclic) bond motifs is 1. The normalized spacial score (nSPS) is 13.1. The highest BCUT2D eigenvalue weighted by atomic mass is 35.5. The maximum Gasteiger partial charge on any atom is 0.253 e. The van der Waals surface area contributed by atoms with Gasteiger partial charge in [0.2, 0.25) is 27.7 Å². The molecule has 1 aliphatic rings. The van der Waals surface area contributed by atoms with Crippen LogP contribution in [0.1, 0.15) is 87.3 Å². The summed E-state index contributed by atoms with van der Waals surface area (Å²) in [7, 11) is -2.30. The summed E-state index contributed by atoms with van der Waals surface area (Å²) in [5.74, 6) is -2.91. The predicted molar refractivity (Wildman–Crippen MR) is 311 cm³/mol. The molecule has 0 aliphatic heterocycles. The molecule has 5 N–H and O–H groups in total. The molecule has 1 saturated carbocycles. The van der Waals surface area contributed by atoms with Crippen molar-refractivity contribution < 1.29 is 60.0 Å². The molecule has 3 heterocycles. The number of primary amides is 1. The van der Waals surface area contributed by atoms with Crippen LogP contribution in [0.25, 0.3) is 22.2 Å². The minimum Gasteiger partial charge on any atom is -0.491 e. The standard InChI is InChI=1S/C60H67ClF2N8O12S/c1-38-33-46(16-19-50(38)68-60-65-36-42-13-20-53(73)71(58(42)69-60)44-9-4-5-10-44)84(76,77)66-21-22-78-23-24-79-25-26-80-27-28-81-29-30-82-31-32-83-45-14-11-40(12-15-45)57(74)56-55(54-39(2)48(62)17-18-49(54)63)47(37-70(56)3)59(75)67-51(35-52(64)72)41-7-6-8-43(61)34-41/h6-8,11-20,33-34,36-37,44,51,66H,4-5,9-10,21-32,35H2,1-3H3,(H2,64,72)(H,67,75)(H,65,68,69)/t51-/m0/s1. The number of hydrogen-bond donors (Lipinski definition) is 4. The second-order valence-corrected chi connectivity index (χ2v) is 22.1. The number of ether oxygens (including phenoxy) is 6. The first kappa shape index (κ1) is 62.6. The van der Waals surface area contributed by atoms with Crippen molar-refractivity contribution in [3.63, 3.8) is 0 Å². The highest BCUT2D eigenvalue weighted by Crippen LogP contribution is 2.37. The van der Waals surface area contributed by atoms with E-state index in [1.54, 1.807) is 78.4 Å². The van der Waals surface area contributed by atoms with Crippen molar-refractivity contribution in [3.05, 3.63) is 164 Å². The molecule has 24 heteroatoms. The van der Waals surface area contributed by atoms with Crippen molar-refractivity contribution in [1.82, 2.24) is 29.1 Å². The van der Waals surface area contributed by atoms with Crippen LogP contribution in [0.15, 0.2) is 113 Å². The van der Waals surface area contributed by atoms with Gasteiger partial charge in [-0.3, -0.25) is 23.7 Å². The number of carbonyl (C=O) groups excluding carboxylic acids is 3. The van der Waals surface area contributed by atoms with E-state index in [0.29, 0.717) is 85.4 Å². The molecular weight excluding hydrogens is 1130 g/mol. The topological polar surface area (TPSA) is 256 Å². The van der Waals surface area contributed by atoms with Crippen molar-refractivity contribution in [3.8, 4) is 16.9 Å². The number of hydrogen-bond acceptors (Lipinski definition) is 15. The molecule has 0 spiro atoms. The molecule has 1 atom stereocenters. The minimum absolute atomic E-state index is 0.0636. The number of sulfonamides is 1. The van der Waals surface area contributed by atoms with Crippen LogP contribution in [-0.2, 0) is 45.5 Å². The number of pyridine rings is 1. The van der Waals surface area contributed by atoms with Crippen LogP contribution >= 0.6 is 11.6 Å². The average Bonchev–Trinajstić information content (AvgIpc) is 4.21. The summed E-state index contributed by atoms with van der Waals surface area (Å²) in [5, 5.41) is 7.07. The van der Waals surface area contributed by atoms with Crippen molar-refractivity contribution in [1.29, 1.82) is 0 Å². The molecule has 2 amide bonds. The first-order valence-corrected chi connectivity index (χ1v) is 29.3. The van der Waals surface area contributed by atoms with Crippen molar-refractivity contribution in [2.24, 2.45) is 12.8 Å². The zero-order valence-corrected chi connectivity index (χ0v) is 48.4. The summed E-state index contributed by atoms with van der Waals surface area (Å²) >= 11 is 6.20. The van der Waals surface area contributed by atoms with Crippen LogP contribution < -0.4 is 31.4 Å². The van der Waals surface area contributed by atoms with Gasteiger partial charge in [0.15, 0.2) is 0 Å². The lowest BCUT2D eigenvalue weighted by molar-refractivity contribution is -0.118. The molecule has 0 radical (unpaired) electrons. The number of rotatable bonds is 32. The third-order valence-corrected chi connectivity index (χ3v) is 15.6. The average molecular weight is 1200 g/mol. The molecule has 0 bridgehead atoms. The number of carbonyl (C=O) groups is 3.